The van der Waals surface area contributed by atoms with E-state index in [0.717, 1.165) is 40.7 Å². The van der Waals surface area contributed by atoms with Gasteiger partial charge in [-0.1, -0.05) is 91.7 Å². The fraction of sp³-hybridized carbons (Fsp3) is 0.382. The normalized spacial score (nSPS) is 21.0. The number of carbonyl (C=O) groups is 3. The van der Waals surface area contributed by atoms with Gasteiger partial charge in [0.15, 0.2) is 5.54 Å². The number of hydrogen-bond donors (Lipinski definition) is 3. The Kier molecular flexibility index (Phi) is 7.73. The molecule has 0 radical (unpaired) electrons. The third-order valence-corrected chi connectivity index (χ3v) is 9.32. The van der Waals surface area contributed by atoms with Gasteiger partial charge in [-0.15, -0.1) is 0 Å². The number of carbonyl (C=O) groups excluding carboxylic acids is 2. The largest absolute Gasteiger partial charge is 0.479 e. The molecule has 8 nitrogen and oxygen atoms in total. The van der Waals surface area contributed by atoms with Gasteiger partial charge in [0, 0.05) is 32.1 Å². The quantitative estimate of drug-likeness (QED) is 0.339. The third-order valence-electron chi connectivity index (χ3n) is 9.32. The fourth-order valence-electron chi connectivity index (χ4n) is 6.97. The molecule has 218 valence electrons. The standard InChI is InChI=1S/C34H37N3O5/c38-30(36-34(31(39)40)18-19-37(23-34)20-24-10-2-1-3-11-24)33(16-8-9-17-33)22-35-32(41)42-21-29-27-14-6-4-12-25(27)26-13-5-7-15-28(26)29/h1-7,10-15,29H,8-9,16-23H2,(H,35,41)(H,36,38)(H,39,40). The number of hydrogen-bond acceptors (Lipinski definition) is 5. The molecule has 3 aromatic rings. The Morgan fingerprint density at radius 1 is 0.857 bits per heavy atom. The molecule has 2 aliphatic carbocycles. The highest BCUT2D eigenvalue weighted by Crippen LogP contribution is 2.44. The Morgan fingerprint density at radius 3 is 2.12 bits per heavy atom. The number of carboxylic acid groups (broad SMARTS) is 1. The van der Waals surface area contributed by atoms with Crippen molar-refractivity contribution in [3.8, 4) is 11.1 Å². The number of alkyl carbamates (subject to hydrolysis) is 1. The molecule has 3 N–H and O–H groups in total. The van der Waals surface area contributed by atoms with E-state index in [1.165, 1.54) is 0 Å². The first-order valence-corrected chi connectivity index (χ1v) is 14.8. The van der Waals surface area contributed by atoms with Gasteiger partial charge in [-0.2, -0.15) is 0 Å². The molecule has 1 saturated carbocycles. The van der Waals surface area contributed by atoms with Crippen LogP contribution in [-0.4, -0.2) is 59.8 Å². The number of fused-ring (bicyclic) bond motifs is 3. The topological polar surface area (TPSA) is 108 Å². The number of amides is 2. The molecule has 3 aromatic carbocycles. The molecule has 8 heteroatoms. The summed E-state index contributed by atoms with van der Waals surface area (Å²) in [5, 5.41) is 16.0. The van der Waals surface area contributed by atoms with Crippen LogP contribution in [0.4, 0.5) is 4.79 Å². The highest BCUT2D eigenvalue weighted by molar-refractivity contribution is 5.91. The van der Waals surface area contributed by atoms with Crippen LogP contribution in [0.5, 0.6) is 0 Å². The van der Waals surface area contributed by atoms with Gasteiger partial charge in [0.25, 0.3) is 0 Å². The Morgan fingerprint density at radius 2 is 1.48 bits per heavy atom. The smallest absolute Gasteiger partial charge is 0.407 e. The minimum atomic E-state index is -1.36. The van der Waals surface area contributed by atoms with Gasteiger partial charge < -0.3 is 20.5 Å². The second kappa shape index (κ2) is 11.6. The van der Waals surface area contributed by atoms with E-state index in [1.54, 1.807) is 0 Å². The molecule has 42 heavy (non-hydrogen) atoms. The molecular weight excluding hydrogens is 530 g/mol. The average Bonchev–Trinajstić information content (AvgIpc) is 3.73. The van der Waals surface area contributed by atoms with Crippen LogP contribution in [0.1, 0.15) is 54.7 Å². The summed E-state index contributed by atoms with van der Waals surface area (Å²) in [5.74, 6) is -1.38. The lowest BCUT2D eigenvalue weighted by Gasteiger charge is -2.33. The van der Waals surface area contributed by atoms with Crippen molar-refractivity contribution < 1.29 is 24.2 Å². The highest BCUT2D eigenvalue weighted by atomic mass is 16.5. The summed E-state index contributed by atoms with van der Waals surface area (Å²) in [6, 6.07) is 26.2. The van der Waals surface area contributed by atoms with Gasteiger partial charge >= 0.3 is 12.1 Å². The van der Waals surface area contributed by atoms with Crippen LogP contribution in [0.25, 0.3) is 11.1 Å². The number of rotatable bonds is 9. The molecule has 1 saturated heterocycles. The predicted octanol–water partition coefficient (Wildman–Crippen LogP) is 4.93. The van der Waals surface area contributed by atoms with E-state index in [1.807, 2.05) is 54.6 Å². The first-order valence-electron chi connectivity index (χ1n) is 14.8. The van der Waals surface area contributed by atoms with Crippen LogP contribution in [0.3, 0.4) is 0 Å². The van der Waals surface area contributed by atoms with Gasteiger partial charge in [-0.3, -0.25) is 9.69 Å². The van der Waals surface area contributed by atoms with Crippen molar-refractivity contribution in [2.24, 2.45) is 5.41 Å². The van der Waals surface area contributed by atoms with Crippen LogP contribution in [0.15, 0.2) is 78.9 Å². The molecule has 1 aliphatic heterocycles. The summed E-state index contributed by atoms with van der Waals surface area (Å²) in [6.45, 7) is 1.74. The molecule has 0 bridgehead atoms. The van der Waals surface area contributed by atoms with Crippen molar-refractivity contribution in [2.45, 2.75) is 50.1 Å². The van der Waals surface area contributed by atoms with E-state index in [0.29, 0.717) is 32.4 Å². The Balaban J connectivity index is 1.08. The summed E-state index contributed by atoms with van der Waals surface area (Å²) < 4.78 is 5.70. The van der Waals surface area contributed by atoms with Crippen molar-refractivity contribution in [2.75, 3.05) is 26.2 Å². The lowest BCUT2D eigenvalue weighted by molar-refractivity contribution is -0.149. The monoisotopic (exact) mass is 567 g/mol. The second-order valence-electron chi connectivity index (χ2n) is 12.0. The number of likely N-dealkylation sites (tertiary alicyclic amines) is 1. The summed E-state index contributed by atoms with van der Waals surface area (Å²) in [4.78, 5) is 41.2. The van der Waals surface area contributed by atoms with Crippen molar-refractivity contribution >= 4 is 18.0 Å². The lowest BCUT2D eigenvalue weighted by Crippen LogP contribution is -2.60. The fourth-order valence-corrected chi connectivity index (χ4v) is 6.97. The Bertz CT molecular complexity index is 1420. The van der Waals surface area contributed by atoms with Gasteiger partial charge in [0.1, 0.15) is 6.61 Å². The molecule has 3 aliphatic rings. The maximum Gasteiger partial charge on any atom is 0.407 e. The minimum absolute atomic E-state index is 0.0523. The van der Waals surface area contributed by atoms with Crippen LogP contribution in [0, 0.1) is 5.41 Å². The van der Waals surface area contributed by atoms with Gasteiger partial charge in [0.05, 0.1) is 5.41 Å². The zero-order chi connectivity index (χ0) is 29.2. The molecule has 2 amide bonds. The van der Waals surface area contributed by atoms with E-state index >= 15 is 0 Å². The second-order valence-corrected chi connectivity index (χ2v) is 12.0. The van der Waals surface area contributed by atoms with Crippen LogP contribution >= 0.6 is 0 Å². The van der Waals surface area contributed by atoms with Crippen LogP contribution in [-0.2, 0) is 20.9 Å². The molecular formula is C34H37N3O5. The SMILES string of the molecule is O=C(NCC1(C(=O)NC2(C(=O)O)CCN(Cc3ccccc3)C2)CCCC1)OCC1c2ccccc2-c2ccccc21. The molecule has 1 atom stereocenters. The first kappa shape index (κ1) is 28.0. The van der Waals surface area contributed by atoms with Crippen molar-refractivity contribution in [3.63, 3.8) is 0 Å². The number of benzene rings is 3. The number of nitrogens with zero attached hydrogens (tertiary/aromatic N) is 1. The van der Waals surface area contributed by atoms with E-state index in [9.17, 15) is 19.5 Å². The molecule has 1 unspecified atom stereocenters. The Hall–Kier alpha value is -4.17. The van der Waals surface area contributed by atoms with E-state index in [-0.39, 0.29) is 31.5 Å². The van der Waals surface area contributed by atoms with Crippen molar-refractivity contribution in [1.82, 2.24) is 15.5 Å². The zero-order valence-electron chi connectivity index (χ0n) is 23.7. The number of aliphatic carboxylic acids is 1. The van der Waals surface area contributed by atoms with E-state index < -0.39 is 23.0 Å². The lowest BCUT2D eigenvalue weighted by atomic mass is 9.83. The van der Waals surface area contributed by atoms with Crippen LogP contribution < -0.4 is 10.6 Å². The summed E-state index contributed by atoms with van der Waals surface area (Å²) in [6.07, 6.45) is 2.63. The molecule has 1 heterocycles. The van der Waals surface area contributed by atoms with Gasteiger partial charge in [0.2, 0.25) is 5.91 Å². The molecule has 0 spiro atoms. The summed E-state index contributed by atoms with van der Waals surface area (Å²) in [7, 11) is 0. The molecule has 6 rings (SSSR count). The predicted molar refractivity (Wildman–Crippen MR) is 159 cm³/mol. The van der Waals surface area contributed by atoms with Crippen LogP contribution in [0.2, 0.25) is 0 Å². The average molecular weight is 568 g/mol. The van der Waals surface area contributed by atoms with E-state index in [2.05, 4.69) is 39.8 Å². The number of nitrogens with one attached hydrogen (secondary N) is 2. The zero-order valence-corrected chi connectivity index (χ0v) is 23.7. The number of carboxylic acids is 1. The summed E-state index contributed by atoms with van der Waals surface area (Å²) in [5.41, 5.74) is 3.47. The molecule has 2 fully saturated rings. The van der Waals surface area contributed by atoms with Gasteiger partial charge in [-0.05, 0) is 47.1 Å². The number of ether oxygens (including phenoxy) is 1. The maximum absolute atomic E-state index is 13.8. The van der Waals surface area contributed by atoms with Crippen molar-refractivity contribution in [1.29, 1.82) is 0 Å². The van der Waals surface area contributed by atoms with E-state index in [4.69, 9.17) is 4.74 Å². The molecule has 0 aromatic heterocycles. The highest BCUT2D eigenvalue weighted by Gasteiger charge is 2.50. The third kappa shape index (κ3) is 5.39. The Labute approximate surface area is 246 Å². The maximum atomic E-state index is 13.8. The van der Waals surface area contributed by atoms with Gasteiger partial charge in [-0.25, -0.2) is 9.59 Å². The summed E-state index contributed by atoms with van der Waals surface area (Å²) >= 11 is 0. The first-order chi connectivity index (χ1) is 20.4. The minimum Gasteiger partial charge on any atom is -0.479 e. The van der Waals surface area contributed by atoms with Crippen molar-refractivity contribution in [3.05, 3.63) is 95.6 Å².